The maximum Gasteiger partial charge on any atom is 0.225 e. The third kappa shape index (κ3) is 3.50. The fourth-order valence-electron chi connectivity index (χ4n) is 4.15. The van der Waals surface area contributed by atoms with E-state index in [1.807, 2.05) is 49.1 Å². The topological polar surface area (TPSA) is 43.8 Å². The average molecular weight is 330 g/mol. The van der Waals surface area contributed by atoms with Crippen molar-refractivity contribution in [1.82, 2.24) is 9.80 Å². The Morgan fingerprint density at radius 2 is 1.88 bits per heavy atom. The maximum absolute atomic E-state index is 12.5. The highest BCUT2D eigenvalue weighted by molar-refractivity contribution is 5.78. The third-order valence-corrected chi connectivity index (χ3v) is 5.55. The van der Waals surface area contributed by atoms with Crippen LogP contribution in [0.5, 0.6) is 0 Å². The largest absolute Gasteiger partial charge is 0.383 e. The van der Waals surface area contributed by atoms with Gasteiger partial charge in [0.2, 0.25) is 5.91 Å². The molecule has 1 N–H and O–H groups in total. The van der Waals surface area contributed by atoms with Gasteiger partial charge in [0.05, 0.1) is 6.54 Å². The van der Waals surface area contributed by atoms with E-state index in [4.69, 9.17) is 0 Å². The first kappa shape index (κ1) is 17.4. The Bertz CT molecular complexity index is 554. The van der Waals surface area contributed by atoms with E-state index in [0.29, 0.717) is 13.1 Å². The smallest absolute Gasteiger partial charge is 0.225 e. The molecule has 2 aliphatic rings. The first-order valence-electron chi connectivity index (χ1n) is 9.30. The molecule has 0 saturated carbocycles. The zero-order chi connectivity index (χ0) is 17.2. The van der Waals surface area contributed by atoms with E-state index in [1.54, 1.807) is 0 Å². The van der Waals surface area contributed by atoms with Crippen molar-refractivity contribution in [2.45, 2.75) is 38.7 Å². The quantitative estimate of drug-likeness (QED) is 0.922. The molecule has 4 heteroatoms. The van der Waals surface area contributed by atoms with Crippen LogP contribution in [-0.2, 0) is 10.4 Å². The van der Waals surface area contributed by atoms with E-state index in [1.165, 1.54) is 19.3 Å². The highest BCUT2D eigenvalue weighted by Gasteiger charge is 2.48. The SMILES string of the molecule is CC(C)C(=O)N1C[C@H](CN2CCCCC2)[C@@](O)(c2ccccc2)C1. The van der Waals surface area contributed by atoms with E-state index in [-0.39, 0.29) is 17.7 Å². The molecule has 0 bridgehead atoms. The Morgan fingerprint density at radius 3 is 2.50 bits per heavy atom. The van der Waals surface area contributed by atoms with Gasteiger partial charge in [0.25, 0.3) is 0 Å². The molecule has 24 heavy (non-hydrogen) atoms. The van der Waals surface area contributed by atoms with Gasteiger partial charge in [-0.1, -0.05) is 50.6 Å². The molecule has 2 fully saturated rings. The van der Waals surface area contributed by atoms with Crippen molar-refractivity contribution in [2.24, 2.45) is 11.8 Å². The van der Waals surface area contributed by atoms with Gasteiger partial charge in [-0.3, -0.25) is 4.79 Å². The number of rotatable bonds is 4. The Kier molecular flexibility index (Phi) is 5.26. The maximum atomic E-state index is 12.5. The lowest BCUT2D eigenvalue weighted by Crippen LogP contribution is -2.43. The van der Waals surface area contributed by atoms with Crippen LogP contribution >= 0.6 is 0 Å². The predicted octanol–water partition coefficient (Wildman–Crippen LogP) is 2.47. The van der Waals surface area contributed by atoms with Gasteiger partial charge in [-0.15, -0.1) is 0 Å². The zero-order valence-electron chi connectivity index (χ0n) is 14.9. The molecule has 0 spiro atoms. The van der Waals surface area contributed by atoms with Crippen LogP contribution in [0.25, 0.3) is 0 Å². The molecule has 2 atom stereocenters. The summed E-state index contributed by atoms with van der Waals surface area (Å²) in [5.41, 5.74) is -0.00504. The van der Waals surface area contributed by atoms with Gasteiger partial charge < -0.3 is 14.9 Å². The first-order chi connectivity index (χ1) is 11.5. The summed E-state index contributed by atoms with van der Waals surface area (Å²) in [6.07, 6.45) is 3.79. The molecule has 1 aromatic carbocycles. The van der Waals surface area contributed by atoms with Crippen LogP contribution in [0.2, 0.25) is 0 Å². The summed E-state index contributed by atoms with van der Waals surface area (Å²) in [7, 11) is 0. The van der Waals surface area contributed by atoms with Crippen LogP contribution in [0, 0.1) is 11.8 Å². The number of piperidine rings is 1. The Morgan fingerprint density at radius 1 is 1.21 bits per heavy atom. The molecule has 1 aromatic rings. The monoisotopic (exact) mass is 330 g/mol. The minimum atomic E-state index is -0.941. The van der Waals surface area contributed by atoms with Crippen molar-refractivity contribution < 1.29 is 9.90 Å². The Hall–Kier alpha value is -1.39. The summed E-state index contributed by atoms with van der Waals surface area (Å²) in [6.45, 7) is 8.02. The van der Waals surface area contributed by atoms with Crippen molar-refractivity contribution in [3.63, 3.8) is 0 Å². The number of nitrogens with zero attached hydrogens (tertiary/aromatic N) is 2. The molecule has 0 radical (unpaired) electrons. The molecule has 1 amide bonds. The molecule has 2 saturated heterocycles. The van der Waals surface area contributed by atoms with Crippen LogP contribution in [-0.4, -0.2) is 53.5 Å². The molecule has 0 unspecified atom stereocenters. The Labute approximate surface area is 145 Å². The lowest BCUT2D eigenvalue weighted by Gasteiger charge is -2.35. The number of likely N-dealkylation sites (tertiary alicyclic amines) is 2. The van der Waals surface area contributed by atoms with Gasteiger partial charge in [0.15, 0.2) is 0 Å². The van der Waals surface area contributed by atoms with Gasteiger partial charge in [0.1, 0.15) is 5.60 Å². The summed E-state index contributed by atoms with van der Waals surface area (Å²) >= 11 is 0. The van der Waals surface area contributed by atoms with Crippen molar-refractivity contribution in [3.05, 3.63) is 35.9 Å². The fraction of sp³-hybridized carbons (Fsp3) is 0.650. The van der Waals surface area contributed by atoms with Crippen LogP contribution < -0.4 is 0 Å². The van der Waals surface area contributed by atoms with E-state index in [0.717, 1.165) is 25.2 Å². The normalized spacial score (nSPS) is 28.5. The predicted molar refractivity (Wildman–Crippen MR) is 95.5 cm³/mol. The molecular formula is C20H30N2O2. The van der Waals surface area contributed by atoms with E-state index in [9.17, 15) is 9.90 Å². The molecule has 0 aromatic heterocycles. The van der Waals surface area contributed by atoms with Gasteiger partial charge in [-0.25, -0.2) is 0 Å². The second-order valence-corrected chi connectivity index (χ2v) is 7.72. The lowest BCUT2D eigenvalue weighted by atomic mass is 9.83. The lowest BCUT2D eigenvalue weighted by molar-refractivity contribution is -0.134. The molecule has 4 nitrogen and oxygen atoms in total. The highest BCUT2D eigenvalue weighted by Crippen LogP contribution is 2.38. The van der Waals surface area contributed by atoms with Crippen molar-refractivity contribution >= 4 is 5.91 Å². The van der Waals surface area contributed by atoms with Gasteiger partial charge in [-0.2, -0.15) is 0 Å². The van der Waals surface area contributed by atoms with E-state index in [2.05, 4.69) is 4.90 Å². The van der Waals surface area contributed by atoms with E-state index >= 15 is 0 Å². The number of β-amino-alcohol motifs (C(OH)–C–C–N with tert-alkyl or cyclic N) is 1. The molecule has 132 valence electrons. The molecule has 2 aliphatic heterocycles. The zero-order valence-corrected chi connectivity index (χ0v) is 14.9. The van der Waals surface area contributed by atoms with Crippen molar-refractivity contribution in [3.8, 4) is 0 Å². The van der Waals surface area contributed by atoms with Crippen molar-refractivity contribution in [2.75, 3.05) is 32.7 Å². The number of amides is 1. The van der Waals surface area contributed by atoms with Crippen LogP contribution in [0.4, 0.5) is 0 Å². The molecule has 0 aliphatic carbocycles. The second kappa shape index (κ2) is 7.24. The van der Waals surface area contributed by atoms with Gasteiger partial charge in [-0.05, 0) is 31.5 Å². The summed E-state index contributed by atoms with van der Waals surface area (Å²) in [5.74, 6) is 0.185. The van der Waals surface area contributed by atoms with Crippen LogP contribution in [0.15, 0.2) is 30.3 Å². The molecule has 3 rings (SSSR count). The summed E-state index contributed by atoms with van der Waals surface area (Å²) in [4.78, 5) is 16.8. The first-order valence-corrected chi connectivity index (χ1v) is 9.30. The fourth-order valence-corrected chi connectivity index (χ4v) is 4.15. The Balaban J connectivity index is 1.83. The van der Waals surface area contributed by atoms with Crippen molar-refractivity contribution in [1.29, 1.82) is 0 Å². The second-order valence-electron chi connectivity index (χ2n) is 7.72. The number of benzene rings is 1. The highest BCUT2D eigenvalue weighted by atomic mass is 16.3. The average Bonchev–Trinajstić information content (AvgIpc) is 2.94. The summed E-state index contributed by atoms with van der Waals surface area (Å²) < 4.78 is 0. The molecule has 2 heterocycles. The van der Waals surface area contributed by atoms with Gasteiger partial charge in [0, 0.05) is 24.9 Å². The number of carbonyl (C=O) groups excluding carboxylic acids is 1. The standard InChI is InChI=1S/C20H30N2O2/c1-16(2)19(23)22-14-18(13-21-11-7-4-8-12-21)20(24,15-22)17-9-5-3-6-10-17/h3,5-6,9-10,16,18,24H,4,7-8,11-15H2,1-2H3/t18-,20-/m0/s1. The summed E-state index contributed by atoms with van der Waals surface area (Å²) in [5, 5.41) is 11.5. The minimum absolute atomic E-state index is 0.0289. The van der Waals surface area contributed by atoms with Crippen LogP contribution in [0.3, 0.4) is 0 Å². The van der Waals surface area contributed by atoms with Gasteiger partial charge >= 0.3 is 0 Å². The summed E-state index contributed by atoms with van der Waals surface area (Å²) in [6, 6.07) is 9.90. The molecular weight excluding hydrogens is 300 g/mol. The number of carbonyl (C=O) groups is 1. The number of hydrogen-bond donors (Lipinski definition) is 1. The number of aliphatic hydroxyl groups is 1. The van der Waals surface area contributed by atoms with E-state index < -0.39 is 5.60 Å². The van der Waals surface area contributed by atoms with Crippen LogP contribution in [0.1, 0.15) is 38.7 Å². The third-order valence-electron chi connectivity index (χ3n) is 5.55. The minimum Gasteiger partial charge on any atom is -0.383 e. The number of hydrogen-bond acceptors (Lipinski definition) is 3.